The van der Waals surface area contributed by atoms with E-state index in [2.05, 4.69) is 29.3 Å². The molecule has 0 aliphatic carbocycles. The van der Waals surface area contributed by atoms with Gasteiger partial charge in [-0.3, -0.25) is 14.5 Å². The highest BCUT2D eigenvalue weighted by Crippen LogP contribution is 2.25. The average molecular weight is 422 g/mol. The number of carbonyl (C=O) groups excluding carboxylic acids is 2. The predicted molar refractivity (Wildman–Crippen MR) is 122 cm³/mol. The van der Waals surface area contributed by atoms with E-state index in [1.807, 2.05) is 30.3 Å². The second-order valence-electron chi connectivity index (χ2n) is 8.50. The van der Waals surface area contributed by atoms with Crippen molar-refractivity contribution in [1.29, 1.82) is 0 Å². The van der Waals surface area contributed by atoms with Gasteiger partial charge in [-0.1, -0.05) is 24.6 Å². The van der Waals surface area contributed by atoms with Crippen LogP contribution in [0.25, 0.3) is 0 Å². The predicted octanol–water partition coefficient (Wildman–Crippen LogP) is 4.21. The molecule has 1 atom stereocenters. The van der Waals surface area contributed by atoms with Crippen molar-refractivity contribution >= 4 is 23.2 Å². The molecule has 2 saturated heterocycles. The normalized spacial score (nSPS) is 19.5. The quantitative estimate of drug-likeness (QED) is 0.728. The van der Waals surface area contributed by atoms with Crippen LogP contribution in [0.5, 0.6) is 5.75 Å². The monoisotopic (exact) mass is 421 g/mol. The topological polar surface area (TPSA) is 61.9 Å². The van der Waals surface area contributed by atoms with Crippen LogP contribution in [0.2, 0.25) is 0 Å². The van der Waals surface area contributed by atoms with Crippen LogP contribution in [0.4, 0.5) is 11.4 Å². The van der Waals surface area contributed by atoms with E-state index in [0.717, 1.165) is 37.4 Å². The molecule has 6 nitrogen and oxygen atoms in total. The lowest BCUT2D eigenvalue weighted by Gasteiger charge is -2.33. The molecule has 4 rings (SSSR count). The zero-order valence-electron chi connectivity index (χ0n) is 18.2. The highest BCUT2D eigenvalue weighted by atomic mass is 16.5. The summed E-state index contributed by atoms with van der Waals surface area (Å²) in [5.74, 6) is 0.506. The Hall–Kier alpha value is -2.86. The third-order valence-corrected chi connectivity index (χ3v) is 6.14. The van der Waals surface area contributed by atoms with Crippen molar-refractivity contribution in [2.75, 3.05) is 29.9 Å². The summed E-state index contributed by atoms with van der Waals surface area (Å²) >= 11 is 0. The lowest BCUT2D eigenvalue weighted by atomic mass is 10.0. The zero-order valence-corrected chi connectivity index (χ0v) is 18.2. The second-order valence-corrected chi connectivity index (χ2v) is 8.50. The van der Waals surface area contributed by atoms with Crippen molar-refractivity contribution in [3.63, 3.8) is 0 Å². The number of hydrogen-bond acceptors (Lipinski definition) is 4. The molecule has 0 radical (unpaired) electrons. The van der Waals surface area contributed by atoms with Crippen LogP contribution < -0.4 is 15.0 Å². The lowest BCUT2D eigenvalue weighted by Crippen LogP contribution is -2.36. The fraction of sp³-hybridized carbons (Fsp3) is 0.440. The third-order valence-electron chi connectivity index (χ3n) is 6.14. The fourth-order valence-corrected chi connectivity index (χ4v) is 4.33. The van der Waals surface area contributed by atoms with E-state index in [1.165, 1.54) is 24.8 Å². The van der Waals surface area contributed by atoms with E-state index in [0.29, 0.717) is 18.2 Å². The van der Waals surface area contributed by atoms with Gasteiger partial charge in [-0.25, -0.2) is 0 Å². The van der Waals surface area contributed by atoms with Gasteiger partial charge >= 0.3 is 0 Å². The van der Waals surface area contributed by atoms with E-state index < -0.39 is 0 Å². The number of nitrogens with zero attached hydrogens (tertiary/aromatic N) is 2. The largest absolute Gasteiger partial charge is 0.484 e. The number of rotatable bonds is 7. The first-order valence-electron chi connectivity index (χ1n) is 11.2. The number of hydrogen-bond donors (Lipinski definition) is 1. The molecule has 2 aromatic rings. The number of amides is 2. The smallest absolute Gasteiger partial charge is 0.262 e. The molecule has 2 aromatic carbocycles. The van der Waals surface area contributed by atoms with Gasteiger partial charge in [0.15, 0.2) is 6.61 Å². The third kappa shape index (κ3) is 5.64. The molecule has 2 heterocycles. The Morgan fingerprint density at radius 2 is 1.94 bits per heavy atom. The summed E-state index contributed by atoms with van der Waals surface area (Å²) in [7, 11) is 0. The molecular formula is C25H31N3O3. The molecule has 2 aliphatic rings. The molecule has 31 heavy (non-hydrogen) atoms. The SMILES string of the molecule is CC1CCCCN1Cc1ccc(NC(=O)COc2cccc(N3CCCC3=O)c2)cc1. The van der Waals surface area contributed by atoms with Gasteiger partial charge in [-0.15, -0.1) is 0 Å². The highest BCUT2D eigenvalue weighted by molar-refractivity contribution is 5.95. The molecule has 1 unspecified atom stereocenters. The van der Waals surface area contributed by atoms with Crippen LogP contribution in [0.1, 0.15) is 44.6 Å². The molecule has 2 aliphatic heterocycles. The summed E-state index contributed by atoms with van der Waals surface area (Å²) in [4.78, 5) is 28.5. The van der Waals surface area contributed by atoms with Gasteiger partial charge in [0.1, 0.15) is 5.75 Å². The van der Waals surface area contributed by atoms with Crippen molar-refractivity contribution in [1.82, 2.24) is 4.90 Å². The Labute approximate surface area is 184 Å². The van der Waals surface area contributed by atoms with E-state index >= 15 is 0 Å². The Morgan fingerprint density at radius 1 is 1.10 bits per heavy atom. The van der Waals surface area contributed by atoms with Gasteiger partial charge in [0.25, 0.3) is 5.91 Å². The number of carbonyl (C=O) groups is 2. The Kier molecular flexibility index (Phi) is 6.87. The Balaban J connectivity index is 1.27. The molecular weight excluding hydrogens is 390 g/mol. The first kappa shape index (κ1) is 21.4. The maximum Gasteiger partial charge on any atom is 0.262 e. The average Bonchev–Trinajstić information content (AvgIpc) is 3.21. The maximum absolute atomic E-state index is 12.3. The molecule has 0 spiro atoms. The van der Waals surface area contributed by atoms with Crippen LogP contribution in [-0.2, 0) is 16.1 Å². The molecule has 164 valence electrons. The first-order chi connectivity index (χ1) is 15.1. The number of piperidine rings is 1. The van der Waals surface area contributed by atoms with Crippen LogP contribution in [0.3, 0.4) is 0 Å². The van der Waals surface area contributed by atoms with Crippen molar-refractivity contribution in [3.05, 3.63) is 54.1 Å². The summed E-state index contributed by atoms with van der Waals surface area (Å²) in [6, 6.07) is 16.0. The Bertz CT molecular complexity index is 912. The van der Waals surface area contributed by atoms with Crippen LogP contribution >= 0.6 is 0 Å². The summed E-state index contributed by atoms with van der Waals surface area (Å²) in [6.45, 7) is 5.06. The lowest BCUT2D eigenvalue weighted by molar-refractivity contribution is -0.118. The summed E-state index contributed by atoms with van der Waals surface area (Å²) in [6.07, 6.45) is 5.33. The molecule has 2 amide bonds. The number of nitrogens with one attached hydrogen (secondary N) is 1. The van der Waals surface area contributed by atoms with Gasteiger partial charge in [0.05, 0.1) is 0 Å². The second kappa shape index (κ2) is 9.96. The minimum absolute atomic E-state index is 0.0789. The Morgan fingerprint density at radius 3 is 2.68 bits per heavy atom. The highest BCUT2D eigenvalue weighted by Gasteiger charge is 2.22. The molecule has 0 aromatic heterocycles. The van der Waals surface area contributed by atoms with E-state index in [-0.39, 0.29) is 18.4 Å². The number of benzene rings is 2. The van der Waals surface area contributed by atoms with Gasteiger partial charge in [0.2, 0.25) is 5.91 Å². The zero-order chi connectivity index (χ0) is 21.6. The van der Waals surface area contributed by atoms with Crippen molar-refractivity contribution < 1.29 is 14.3 Å². The van der Waals surface area contributed by atoms with E-state index in [9.17, 15) is 9.59 Å². The fourth-order valence-electron chi connectivity index (χ4n) is 4.33. The molecule has 0 bridgehead atoms. The van der Waals surface area contributed by atoms with Gasteiger partial charge in [-0.2, -0.15) is 0 Å². The molecule has 2 fully saturated rings. The number of ether oxygens (including phenoxy) is 1. The van der Waals surface area contributed by atoms with Gasteiger partial charge in [0, 0.05) is 43.0 Å². The molecule has 1 N–H and O–H groups in total. The van der Waals surface area contributed by atoms with Crippen LogP contribution in [0, 0.1) is 0 Å². The van der Waals surface area contributed by atoms with Gasteiger partial charge < -0.3 is 15.0 Å². The van der Waals surface area contributed by atoms with E-state index in [4.69, 9.17) is 4.74 Å². The maximum atomic E-state index is 12.3. The number of likely N-dealkylation sites (tertiary alicyclic amines) is 1. The van der Waals surface area contributed by atoms with Crippen molar-refractivity contribution in [2.45, 2.75) is 51.6 Å². The standard InChI is InChI=1S/C25H31N3O3/c1-19-6-2-3-14-27(19)17-20-10-12-21(13-11-20)26-24(29)18-31-23-8-4-7-22(16-23)28-15-5-9-25(28)30/h4,7-8,10-13,16,19H,2-3,5-6,9,14-15,17-18H2,1H3,(H,26,29). The van der Waals surface area contributed by atoms with Crippen LogP contribution in [0.15, 0.2) is 48.5 Å². The van der Waals surface area contributed by atoms with Crippen LogP contribution in [-0.4, -0.2) is 42.5 Å². The van der Waals surface area contributed by atoms with Crippen molar-refractivity contribution in [3.8, 4) is 5.75 Å². The summed E-state index contributed by atoms with van der Waals surface area (Å²) in [5.41, 5.74) is 2.84. The van der Waals surface area contributed by atoms with Gasteiger partial charge in [-0.05, 0) is 62.6 Å². The minimum Gasteiger partial charge on any atom is -0.484 e. The summed E-state index contributed by atoms with van der Waals surface area (Å²) < 4.78 is 5.65. The van der Waals surface area contributed by atoms with Crippen molar-refractivity contribution in [2.24, 2.45) is 0 Å². The molecule has 0 saturated carbocycles. The number of anilines is 2. The minimum atomic E-state index is -0.208. The van der Waals surface area contributed by atoms with E-state index in [1.54, 1.807) is 11.0 Å². The first-order valence-corrected chi connectivity index (χ1v) is 11.2. The summed E-state index contributed by atoms with van der Waals surface area (Å²) in [5, 5.41) is 2.89. The molecule has 6 heteroatoms.